The number of nitrogens with one attached hydrogen (secondary N) is 1. The first-order valence-electron chi connectivity index (χ1n) is 6.78. The third kappa shape index (κ3) is 4.50. The van der Waals surface area contributed by atoms with Crippen LogP contribution >= 0.6 is 0 Å². The Morgan fingerprint density at radius 2 is 2.15 bits per heavy atom. The van der Waals surface area contributed by atoms with Gasteiger partial charge in [0.25, 0.3) is 0 Å². The van der Waals surface area contributed by atoms with Crippen LogP contribution in [0.3, 0.4) is 0 Å². The molecule has 0 saturated carbocycles. The van der Waals surface area contributed by atoms with E-state index in [1.165, 1.54) is 5.56 Å². The molecule has 0 fully saturated rings. The minimum atomic E-state index is 0.104. The zero-order chi connectivity index (χ0) is 14.4. The molecule has 0 aliphatic rings. The largest absolute Gasteiger partial charge is 0.475 e. The van der Waals surface area contributed by atoms with Crippen LogP contribution in [-0.4, -0.2) is 27.6 Å². The van der Waals surface area contributed by atoms with E-state index in [9.17, 15) is 0 Å². The highest BCUT2D eigenvalue weighted by Gasteiger charge is 2.04. The zero-order valence-corrected chi connectivity index (χ0v) is 12.1. The van der Waals surface area contributed by atoms with Crippen LogP contribution in [0.15, 0.2) is 30.6 Å². The monoisotopic (exact) mass is 272 g/mol. The van der Waals surface area contributed by atoms with Crippen molar-refractivity contribution in [2.24, 2.45) is 0 Å². The van der Waals surface area contributed by atoms with Crippen LogP contribution in [0.5, 0.6) is 5.88 Å². The van der Waals surface area contributed by atoms with E-state index >= 15 is 0 Å². The lowest BCUT2D eigenvalue weighted by Gasteiger charge is -2.11. The molecule has 2 rings (SSSR count). The van der Waals surface area contributed by atoms with Gasteiger partial charge in [0.05, 0.1) is 6.10 Å². The fourth-order valence-electron chi connectivity index (χ4n) is 1.79. The van der Waals surface area contributed by atoms with Crippen molar-refractivity contribution in [1.82, 2.24) is 15.0 Å². The molecule has 5 heteroatoms. The number of pyridine rings is 1. The Balaban J connectivity index is 1.93. The van der Waals surface area contributed by atoms with Gasteiger partial charge < -0.3 is 10.1 Å². The standard InChI is InChI=1S/C15H20N4O/c1-11(2)20-14-9-12(3)18-15(19-14)17-8-6-13-5-4-7-16-10-13/h4-5,7,9-11H,6,8H2,1-3H3,(H,17,18,19). The maximum Gasteiger partial charge on any atom is 0.226 e. The second-order valence-corrected chi connectivity index (χ2v) is 4.88. The van der Waals surface area contributed by atoms with Crippen molar-refractivity contribution >= 4 is 5.95 Å². The predicted molar refractivity (Wildman–Crippen MR) is 79.0 cm³/mol. The fourth-order valence-corrected chi connectivity index (χ4v) is 1.79. The Hall–Kier alpha value is -2.17. The summed E-state index contributed by atoms with van der Waals surface area (Å²) in [6.07, 6.45) is 4.63. The summed E-state index contributed by atoms with van der Waals surface area (Å²) >= 11 is 0. The molecule has 106 valence electrons. The minimum Gasteiger partial charge on any atom is -0.475 e. The molecular formula is C15H20N4O. The van der Waals surface area contributed by atoms with Crippen molar-refractivity contribution < 1.29 is 4.74 Å². The second-order valence-electron chi connectivity index (χ2n) is 4.88. The summed E-state index contributed by atoms with van der Waals surface area (Å²) in [4.78, 5) is 12.8. The molecule has 0 aliphatic carbocycles. The zero-order valence-electron chi connectivity index (χ0n) is 12.1. The van der Waals surface area contributed by atoms with Crippen LogP contribution in [-0.2, 0) is 6.42 Å². The Morgan fingerprint density at radius 1 is 1.30 bits per heavy atom. The van der Waals surface area contributed by atoms with E-state index in [1.807, 2.05) is 39.1 Å². The first kappa shape index (κ1) is 14.2. The van der Waals surface area contributed by atoms with Gasteiger partial charge in [-0.3, -0.25) is 4.98 Å². The van der Waals surface area contributed by atoms with Crippen LogP contribution in [0.4, 0.5) is 5.95 Å². The Kier molecular flexibility index (Phi) is 4.87. The van der Waals surface area contributed by atoms with Crippen molar-refractivity contribution in [2.75, 3.05) is 11.9 Å². The number of nitrogens with zero attached hydrogens (tertiary/aromatic N) is 3. The SMILES string of the molecule is Cc1cc(OC(C)C)nc(NCCc2cccnc2)n1. The summed E-state index contributed by atoms with van der Waals surface area (Å²) in [5, 5.41) is 3.22. The van der Waals surface area contributed by atoms with Gasteiger partial charge in [-0.15, -0.1) is 0 Å². The van der Waals surface area contributed by atoms with Crippen LogP contribution in [0.2, 0.25) is 0 Å². The summed E-state index contributed by atoms with van der Waals surface area (Å²) in [6.45, 7) is 6.65. The van der Waals surface area contributed by atoms with E-state index in [-0.39, 0.29) is 6.10 Å². The lowest BCUT2D eigenvalue weighted by molar-refractivity contribution is 0.232. The summed E-state index contributed by atoms with van der Waals surface area (Å²) < 4.78 is 5.60. The number of hydrogen-bond donors (Lipinski definition) is 1. The number of rotatable bonds is 6. The van der Waals surface area contributed by atoms with Crippen molar-refractivity contribution in [3.8, 4) is 5.88 Å². The molecule has 0 spiro atoms. The minimum absolute atomic E-state index is 0.104. The number of aromatic nitrogens is 3. The second kappa shape index (κ2) is 6.84. The van der Waals surface area contributed by atoms with Gasteiger partial charge in [0.1, 0.15) is 0 Å². The Morgan fingerprint density at radius 3 is 2.85 bits per heavy atom. The van der Waals surface area contributed by atoms with E-state index in [0.29, 0.717) is 11.8 Å². The summed E-state index contributed by atoms with van der Waals surface area (Å²) in [5.41, 5.74) is 2.07. The average molecular weight is 272 g/mol. The van der Waals surface area contributed by atoms with Gasteiger partial charge in [0.15, 0.2) is 0 Å². The number of hydrogen-bond acceptors (Lipinski definition) is 5. The molecule has 20 heavy (non-hydrogen) atoms. The van der Waals surface area contributed by atoms with Gasteiger partial charge in [-0.05, 0) is 38.8 Å². The lowest BCUT2D eigenvalue weighted by atomic mass is 10.2. The first-order chi connectivity index (χ1) is 9.63. The first-order valence-corrected chi connectivity index (χ1v) is 6.78. The van der Waals surface area contributed by atoms with Gasteiger partial charge in [0.2, 0.25) is 11.8 Å². The molecule has 1 N–H and O–H groups in total. The van der Waals surface area contributed by atoms with E-state index in [4.69, 9.17) is 4.74 Å². The van der Waals surface area contributed by atoms with E-state index in [1.54, 1.807) is 6.20 Å². The molecule has 0 unspecified atom stereocenters. The smallest absolute Gasteiger partial charge is 0.226 e. The maximum atomic E-state index is 5.60. The van der Waals surface area contributed by atoms with Gasteiger partial charge in [-0.1, -0.05) is 6.07 Å². The van der Waals surface area contributed by atoms with Gasteiger partial charge in [-0.25, -0.2) is 4.98 Å². The van der Waals surface area contributed by atoms with E-state index in [2.05, 4.69) is 26.3 Å². The normalized spacial score (nSPS) is 10.6. The molecule has 0 radical (unpaired) electrons. The molecule has 2 heterocycles. The van der Waals surface area contributed by atoms with E-state index < -0.39 is 0 Å². The van der Waals surface area contributed by atoms with Crippen molar-refractivity contribution in [1.29, 1.82) is 0 Å². The third-order valence-electron chi connectivity index (χ3n) is 2.61. The van der Waals surface area contributed by atoms with Crippen molar-refractivity contribution in [3.63, 3.8) is 0 Å². The van der Waals surface area contributed by atoms with E-state index in [0.717, 1.165) is 18.7 Å². The average Bonchev–Trinajstić information content (AvgIpc) is 2.38. The summed E-state index contributed by atoms with van der Waals surface area (Å²) in [6, 6.07) is 5.83. The van der Waals surface area contributed by atoms with Gasteiger partial charge >= 0.3 is 0 Å². The fraction of sp³-hybridized carbons (Fsp3) is 0.400. The molecule has 5 nitrogen and oxygen atoms in total. The van der Waals surface area contributed by atoms with Crippen LogP contribution in [0, 0.1) is 6.92 Å². The van der Waals surface area contributed by atoms with Gasteiger partial charge in [0, 0.05) is 30.7 Å². The van der Waals surface area contributed by atoms with Crippen molar-refractivity contribution in [2.45, 2.75) is 33.3 Å². The Labute approximate surface area is 119 Å². The molecule has 0 amide bonds. The van der Waals surface area contributed by atoms with Crippen molar-refractivity contribution in [3.05, 3.63) is 41.9 Å². The molecule has 0 aromatic carbocycles. The topological polar surface area (TPSA) is 59.9 Å². The highest BCUT2D eigenvalue weighted by Crippen LogP contribution is 2.13. The third-order valence-corrected chi connectivity index (χ3v) is 2.61. The van der Waals surface area contributed by atoms with Crippen LogP contribution < -0.4 is 10.1 Å². The molecular weight excluding hydrogens is 252 g/mol. The molecule has 2 aromatic heterocycles. The number of ether oxygens (including phenoxy) is 1. The molecule has 0 saturated heterocycles. The molecule has 2 aromatic rings. The Bertz CT molecular complexity index is 543. The lowest BCUT2D eigenvalue weighted by Crippen LogP contribution is -2.12. The highest BCUT2D eigenvalue weighted by molar-refractivity contribution is 5.31. The quantitative estimate of drug-likeness (QED) is 0.876. The maximum absolute atomic E-state index is 5.60. The van der Waals surface area contributed by atoms with Crippen LogP contribution in [0.1, 0.15) is 25.1 Å². The highest BCUT2D eigenvalue weighted by atomic mass is 16.5. The van der Waals surface area contributed by atoms with Crippen LogP contribution in [0.25, 0.3) is 0 Å². The summed E-state index contributed by atoms with van der Waals surface area (Å²) in [5.74, 6) is 1.21. The molecule has 0 bridgehead atoms. The summed E-state index contributed by atoms with van der Waals surface area (Å²) in [7, 11) is 0. The van der Waals surface area contributed by atoms with Gasteiger partial charge in [-0.2, -0.15) is 4.98 Å². The number of anilines is 1. The number of aryl methyl sites for hydroxylation is 1. The predicted octanol–water partition coefficient (Wildman–Crippen LogP) is 2.62. The molecule has 0 aliphatic heterocycles. The molecule has 0 atom stereocenters.